The van der Waals surface area contributed by atoms with Crippen molar-refractivity contribution >= 4 is 46.4 Å². The highest BCUT2D eigenvalue weighted by Crippen LogP contribution is 2.32. The van der Waals surface area contributed by atoms with Crippen LogP contribution in [-0.4, -0.2) is 24.9 Å². The number of benzene rings is 1. The van der Waals surface area contributed by atoms with Crippen LogP contribution in [-0.2, 0) is 9.59 Å². The summed E-state index contributed by atoms with van der Waals surface area (Å²) in [5.74, 6) is -0.377. The van der Waals surface area contributed by atoms with E-state index in [0.717, 1.165) is 29.6 Å². The highest BCUT2D eigenvalue weighted by atomic mass is 35.5. The van der Waals surface area contributed by atoms with E-state index in [1.54, 1.807) is 12.1 Å². The maximum Gasteiger partial charge on any atom is 0.278 e. The molecule has 0 aliphatic carbocycles. The molecule has 2 amide bonds. The molecule has 1 aromatic carbocycles. The van der Waals surface area contributed by atoms with E-state index in [1.807, 2.05) is 12.1 Å². The molecule has 0 spiro atoms. The van der Waals surface area contributed by atoms with Crippen molar-refractivity contribution in [1.82, 2.24) is 0 Å². The fourth-order valence-electron chi connectivity index (χ4n) is 2.79. The first-order chi connectivity index (χ1) is 10.5. The van der Waals surface area contributed by atoms with Crippen LogP contribution in [0.25, 0.3) is 0 Å². The monoisotopic (exact) mass is 338 g/mol. The Bertz CT molecular complexity index is 623. The Morgan fingerprint density at radius 1 is 0.909 bits per heavy atom. The highest BCUT2D eigenvalue weighted by Gasteiger charge is 2.37. The zero-order valence-corrected chi connectivity index (χ0v) is 13.7. The molecule has 0 bridgehead atoms. The number of carbonyl (C=O) groups is 2. The molecular weight excluding hydrogens is 323 g/mol. The Morgan fingerprint density at radius 3 is 1.86 bits per heavy atom. The predicted octanol–water partition coefficient (Wildman–Crippen LogP) is 3.49. The second-order valence-corrected chi connectivity index (χ2v) is 6.52. The molecule has 4 nitrogen and oxygen atoms in total. The molecule has 0 saturated carbocycles. The Hall–Kier alpha value is -1.52. The number of anilines is 2. The quantitative estimate of drug-likeness (QED) is 0.775. The minimum Gasteiger partial charge on any atom is -0.372 e. The Kier molecular flexibility index (Phi) is 4.15. The zero-order valence-electron chi connectivity index (χ0n) is 12.2. The second kappa shape index (κ2) is 5.94. The normalized spacial score (nSPS) is 20.3. The fourth-order valence-corrected chi connectivity index (χ4v) is 3.12. The number of imide groups is 1. The number of hydrogen-bond acceptors (Lipinski definition) is 3. The number of hydrogen-bond donors (Lipinski definition) is 0. The predicted molar refractivity (Wildman–Crippen MR) is 88.3 cm³/mol. The Balaban J connectivity index is 1.78. The third-order valence-electron chi connectivity index (χ3n) is 4.23. The lowest BCUT2D eigenvalue weighted by Crippen LogP contribution is -2.33. The molecule has 2 heterocycles. The average molecular weight is 339 g/mol. The van der Waals surface area contributed by atoms with Crippen molar-refractivity contribution in [3.8, 4) is 0 Å². The summed E-state index contributed by atoms with van der Waals surface area (Å²) in [6.07, 6.45) is 2.36. The summed E-state index contributed by atoms with van der Waals surface area (Å²) in [5, 5.41) is -0.443. The molecule has 1 fully saturated rings. The van der Waals surface area contributed by atoms with Gasteiger partial charge in [-0.05, 0) is 43.0 Å². The van der Waals surface area contributed by atoms with E-state index in [9.17, 15) is 9.59 Å². The van der Waals surface area contributed by atoms with E-state index in [2.05, 4.69) is 11.8 Å². The van der Waals surface area contributed by atoms with Gasteiger partial charge >= 0.3 is 0 Å². The van der Waals surface area contributed by atoms with Gasteiger partial charge in [-0.3, -0.25) is 9.59 Å². The van der Waals surface area contributed by atoms with Crippen LogP contribution in [0.3, 0.4) is 0 Å². The van der Waals surface area contributed by atoms with Gasteiger partial charge in [0.25, 0.3) is 11.8 Å². The summed E-state index contributed by atoms with van der Waals surface area (Å²) in [6, 6.07) is 7.35. The van der Waals surface area contributed by atoms with E-state index in [4.69, 9.17) is 23.2 Å². The lowest BCUT2D eigenvalue weighted by Gasteiger charge is -2.32. The van der Waals surface area contributed by atoms with E-state index >= 15 is 0 Å². The van der Waals surface area contributed by atoms with Crippen LogP contribution in [0.15, 0.2) is 34.3 Å². The molecule has 22 heavy (non-hydrogen) atoms. The summed E-state index contributed by atoms with van der Waals surface area (Å²) >= 11 is 11.5. The topological polar surface area (TPSA) is 40.6 Å². The van der Waals surface area contributed by atoms with Gasteiger partial charge in [-0.1, -0.05) is 30.1 Å². The second-order valence-electron chi connectivity index (χ2n) is 5.76. The summed E-state index contributed by atoms with van der Waals surface area (Å²) in [7, 11) is 0. The molecule has 0 atom stereocenters. The molecule has 2 aliphatic heterocycles. The van der Waals surface area contributed by atoms with Gasteiger partial charge in [0.05, 0.1) is 5.69 Å². The molecule has 0 unspecified atom stereocenters. The largest absolute Gasteiger partial charge is 0.372 e. The van der Waals surface area contributed by atoms with Crippen molar-refractivity contribution in [2.24, 2.45) is 5.92 Å². The average Bonchev–Trinajstić information content (AvgIpc) is 2.72. The van der Waals surface area contributed by atoms with Crippen molar-refractivity contribution in [2.45, 2.75) is 19.8 Å². The summed E-state index contributed by atoms with van der Waals surface area (Å²) in [5.41, 5.74) is 1.58. The molecule has 0 radical (unpaired) electrons. The Morgan fingerprint density at radius 2 is 1.36 bits per heavy atom. The van der Waals surface area contributed by atoms with Crippen LogP contribution in [0, 0.1) is 5.92 Å². The molecule has 0 aromatic heterocycles. The van der Waals surface area contributed by atoms with Gasteiger partial charge < -0.3 is 4.90 Å². The number of nitrogens with zero attached hydrogens (tertiary/aromatic N) is 2. The van der Waals surface area contributed by atoms with Gasteiger partial charge in [-0.2, -0.15) is 0 Å². The van der Waals surface area contributed by atoms with Crippen molar-refractivity contribution in [1.29, 1.82) is 0 Å². The minimum atomic E-state index is -0.573. The van der Waals surface area contributed by atoms with Crippen LogP contribution in [0.2, 0.25) is 0 Å². The molecule has 0 N–H and O–H groups in total. The van der Waals surface area contributed by atoms with Crippen molar-refractivity contribution in [2.75, 3.05) is 22.9 Å². The summed E-state index contributed by atoms with van der Waals surface area (Å²) in [6.45, 7) is 4.33. The number of rotatable bonds is 2. The lowest BCUT2D eigenvalue weighted by atomic mass is 9.99. The molecule has 6 heteroatoms. The van der Waals surface area contributed by atoms with Crippen LogP contribution in [0.1, 0.15) is 19.8 Å². The van der Waals surface area contributed by atoms with Gasteiger partial charge in [0, 0.05) is 18.8 Å². The zero-order chi connectivity index (χ0) is 15.9. The number of halogens is 2. The first-order valence-corrected chi connectivity index (χ1v) is 8.03. The third kappa shape index (κ3) is 2.61. The minimum absolute atomic E-state index is 0.222. The van der Waals surface area contributed by atoms with Crippen LogP contribution in [0.4, 0.5) is 11.4 Å². The van der Waals surface area contributed by atoms with E-state index in [0.29, 0.717) is 5.69 Å². The van der Waals surface area contributed by atoms with Crippen LogP contribution < -0.4 is 9.80 Å². The Labute approximate surface area is 139 Å². The van der Waals surface area contributed by atoms with Crippen molar-refractivity contribution in [3.63, 3.8) is 0 Å². The van der Waals surface area contributed by atoms with Gasteiger partial charge in [-0.15, -0.1) is 0 Å². The molecule has 116 valence electrons. The van der Waals surface area contributed by atoms with Crippen molar-refractivity contribution in [3.05, 3.63) is 34.3 Å². The van der Waals surface area contributed by atoms with E-state index < -0.39 is 11.8 Å². The van der Waals surface area contributed by atoms with Gasteiger partial charge in [-0.25, -0.2) is 4.90 Å². The maximum atomic E-state index is 12.0. The van der Waals surface area contributed by atoms with Crippen LogP contribution >= 0.6 is 23.2 Å². The van der Waals surface area contributed by atoms with Gasteiger partial charge in [0.2, 0.25) is 0 Å². The van der Waals surface area contributed by atoms with Crippen LogP contribution in [0.5, 0.6) is 0 Å². The molecule has 1 saturated heterocycles. The number of piperidine rings is 1. The third-order valence-corrected chi connectivity index (χ3v) is 5.03. The SMILES string of the molecule is CC1CCN(c2ccc(N3C(=O)C(Cl)=C(Cl)C3=O)cc2)CC1. The molecular formula is C16H16Cl2N2O2. The smallest absolute Gasteiger partial charge is 0.278 e. The van der Waals surface area contributed by atoms with Gasteiger partial charge in [0.15, 0.2) is 0 Å². The number of carbonyl (C=O) groups excluding carboxylic acids is 2. The fraction of sp³-hybridized carbons (Fsp3) is 0.375. The first kappa shape index (κ1) is 15.4. The molecule has 2 aliphatic rings. The van der Waals surface area contributed by atoms with E-state index in [-0.39, 0.29) is 10.1 Å². The first-order valence-electron chi connectivity index (χ1n) is 7.28. The van der Waals surface area contributed by atoms with E-state index in [1.165, 1.54) is 12.8 Å². The maximum absolute atomic E-state index is 12.0. The molecule has 1 aromatic rings. The number of amides is 2. The van der Waals surface area contributed by atoms with Crippen molar-refractivity contribution < 1.29 is 9.59 Å². The molecule has 3 rings (SSSR count). The summed E-state index contributed by atoms with van der Waals surface area (Å²) in [4.78, 5) is 27.3. The van der Waals surface area contributed by atoms with Gasteiger partial charge in [0.1, 0.15) is 10.1 Å². The lowest BCUT2D eigenvalue weighted by molar-refractivity contribution is -0.120. The standard InChI is InChI=1S/C16H16Cl2N2O2/c1-10-6-8-19(9-7-10)11-2-4-12(5-3-11)20-15(21)13(17)14(18)16(20)22/h2-5,10H,6-9H2,1H3. The summed E-state index contributed by atoms with van der Waals surface area (Å²) < 4.78 is 0. The highest BCUT2D eigenvalue weighted by molar-refractivity contribution is 6.62.